The van der Waals surface area contributed by atoms with Gasteiger partial charge in [0.1, 0.15) is 6.29 Å². The molecule has 0 fully saturated rings. The van der Waals surface area contributed by atoms with Crippen molar-refractivity contribution in [3.63, 3.8) is 0 Å². The Morgan fingerprint density at radius 3 is 1.08 bits per heavy atom. The van der Waals surface area contributed by atoms with E-state index in [0.717, 1.165) is 34.1 Å². The van der Waals surface area contributed by atoms with Crippen molar-refractivity contribution >= 4 is 6.29 Å². The van der Waals surface area contributed by atoms with E-state index in [1.54, 1.807) is 0 Å². The third kappa shape index (κ3) is 4.47. The molecule has 1 nitrogen and oxygen atoms in total. The molecule has 0 saturated carbocycles. The molecule has 38 heavy (non-hydrogen) atoms. The number of benzene rings is 6. The number of aldehydes is 1. The summed E-state index contributed by atoms with van der Waals surface area (Å²) in [4.78, 5) is 11.4. The first kappa shape index (κ1) is 23.4. The predicted octanol–water partition coefficient (Wildman–Crippen LogP) is 9.83. The van der Waals surface area contributed by atoms with Gasteiger partial charge in [0.25, 0.3) is 0 Å². The molecule has 0 heterocycles. The lowest BCUT2D eigenvalue weighted by atomic mass is 9.79. The van der Waals surface area contributed by atoms with Gasteiger partial charge in [-0.05, 0) is 61.7 Å². The molecule has 6 rings (SSSR count). The third-order valence-electron chi connectivity index (χ3n) is 6.96. The minimum atomic E-state index is 0.669. The molecular weight excluding hydrogens is 460 g/mol. The largest absolute Gasteiger partial charge is 0.298 e. The lowest BCUT2D eigenvalue weighted by molar-refractivity contribution is 0.112. The van der Waals surface area contributed by atoms with Gasteiger partial charge in [-0.15, -0.1) is 0 Å². The SMILES string of the molecule is O=Cc1ccc(-c2cc(-c3ccccc3)c(-c3ccccc3)c(-c3ccccc3)c2-c2ccccc2)cc1. The van der Waals surface area contributed by atoms with Gasteiger partial charge in [-0.3, -0.25) is 4.79 Å². The number of carbonyl (C=O) groups excluding carboxylic acids is 1. The summed E-state index contributed by atoms with van der Waals surface area (Å²) in [7, 11) is 0. The van der Waals surface area contributed by atoms with Crippen LogP contribution in [0.2, 0.25) is 0 Å². The summed E-state index contributed by atoms with van der Waals surface area (Å²) in [6.45, 7) is 0. The second kappa shape index (κ2) is 10.5. The van der Waals surface area contributed by atoms with Crippen molar-refractivity contribution in [1.29, 1.82) is 0 Å². The molecule has 6 aromatic rings. The summed E-state index contributed by atoms with van der Waals surface area (Å²) in [5.41, 5.74) is 12.3. The Bertz CT molecular complexity index is 1670. The summed E-state index contributed by atoms with van der Waals surface area (Å²) in [6, 6.07) is 52.8. The van der Waals surface area contributed by atoms with Gasteiger partial charge in [0, 0.05) is 5.56 Å². The van der Waals surface area contributed by atoms with Gasteiger partial charge in [0.2, 0.25) is 0 Å². The molecule has 0 amide bonds. The number of hydrogen-bond acceptors (Lipinski definition) is 1. The summed E-state index contributed by atoms with van der Waals surface area (Å²) in [5, 5.41) is 0. The standard InChI is InChI=1S/C37H26O/c38-26-27-21-23-29(24-22-27)34-25-33(28-13-5-1-6-14-28)35(30-15-7-2-8-16-30)37(32-19-11-4-12-20-32)36(34)31-17-9-3-10-18-31/h1-26H. The summed E-state index contributed by atoms with van der Waals surface area (Å²) in [6.07, 6.45) is 0.894. The summed E-state index contributed by atoms with van der Waals surface area (Å²) < 4.78 is 0. The molecule has 0 N–H and O–H groups in total. The van der Waals surface area contributed by atoms with Gasteiger partial charge < -0.3 is 0 Å². The fraction of sp³-hybridized carbons (Fsp3) is 0. The molecule has 0 atom stereocenters. The Hall–Kier alpha value is -5.01. The van der Waals surface area contributed by atoms with Crippen molar-refractivity contribution in [2.75, 3.05) is 0 Å². The first-order chi connectivity index (χ1) is 18.8. The van der Waals surface area contributed by atoms with E-state index in [9.17, 15) is 4.79 Å². The van der Waals surface area contributed by atoms with E-state index in [4.69, 9.17) is 0 Å². The molecule has 0 aliphatic rings. The van der Waals surface area contributed by atoms with Crippen molar-refractivity contribution in [2.45, 2.75) is 0 Å². The van der Waals surface area contributed by atoms with E-state index in [1.807, 2.05) is 12.1 Å². The number of hydrogen-bond donors (Lipinski definition) is 0. The van der Waals surface area contributed by atoms with Gasteiger partial charge in [-0.2, -0.15) is 0 Å². The highest BCUT2D eigenvalue weighted by atomic mass is 16.1. The van der Waals surface area contributed by atoms with Crippen LogP contribution in [0.1, 0.15) is 10.4 Å². The average molecular weight is 487 g/mol. The van der Waals surface area contributed by atoms with Crippen LogP contribution in [0.3, 0.4) is 0 Å². The Balaban J connectivity index is 1.82. The van der Waals surface area contributed by atoms with Crippen molar-refractivity contribution in [3.8, 4) is 55.6 Å². The van der Waals surface area contributed by atoms with Crippen LogP contribution < -0.4 is 0 Å². The van der Waals surface area contributed by atoms with Crippen LogP contribution in [0.15, 0.2) is 152 Å². The average Bonchev–Trinajstić information content (AvgIpc) is 3.02. The minimum absolute atomic E-state index is 0.669. The Morgan fingerprint density at radius 2 is 0.684 bits per heavy atom. The highest BCUT2D eigenvalue weighted by Crippen LogP contribution is 2.50. The van der Waals surface area contributed by atoms with Crippen molar-refractivity contribution in [2.24, 2.45) is 0 Å². The zero-order chi connectivity index (χ0) is 25.7. The van der Waals surface area contributed by atoms with Crippen LogP contribution in [-0.2, 0) is 0 Å². The molecule has 0 aromatic heterocycles. The molecule has 0 bridgehead atoms. The molecule has 0 aliphatic carbocycles. The quantitative estimate of drug-likeness (QED) is 0.214. The van der Waals surface area contributed by atoms with Crippen LogP contribution >= 0.6 is 0 Å². The van der Waals surface area contributed by atoms with E-state index in [-0.39, 0.29) is 0 Å². The zero-order valence-corrected chi connectivity index (χ0v) is 20.9. The normalized spacial score (nSPS) is 10.7. The molecular formula is C37H26O. The van der Waals surface area contributed by atoms with Crippen LogP contribution in [0.25, 0.3) is 55.6 Å². The Morgan fingerprint density at radius 1 is 0.342 bits per heavy atom. The van der Waals surface area contributed by atoms with Gasteiger partial charge in [0.05, 0.1) is 0 Å². The highest BCUT2D eigenvalue weighted by Gasteiger charge is 2.23. The molecule has 0 spiro atoms. The predicted molar refractivity (Wildman–Crippen MR) is 159 cm³/mol. The topological polar surface area (TPSA) is 17.1 Å². The number of carbonyl (C=O) groups is 1. The Kier molecular flexibility index (Phi) is 6.49. The molecule has 6 aromatic carbocycles. The second-order valence-corrected chi connectivity index (χ2v) is 9.30. The molecule has 0 aliphatic heterocycles. The van der Waals surface area contributed by atoms with Gasteiger partial charge in [-0.25, -0.2) is 0 Å². The van der Waals surface area contributed by atoms with E-state index in [1.165, 1.54) is 27.8 Å². The maximum Gasteiger partial charge on any atom is 0.150 e. The number of rotatable bonds is 6. The van der Waals surface area contributed by atoms with Crippen LogP contribution in [-0.4, -0.2) is 6.29 Å². The lowest BCUT2D eigenvalue weighted by Gasteiger charge is -2.24. The van der Waals surface area contributed by atoms with Gasteiger partial charge in [-0.1, -0.05) is 146 Å². The van der Waals surface area contributed by atoms with Gasteiger partial charge in [0.15, 0.2) is 0 Å². The van der Waals surface area contributed by atoms with Crippen molar-refractivity contribution in [1.82, 2.24) is 0 Å². The van der Waals surface area contributed by atoms with Crippen molar-refractivity contribution < 1.29 is 4.79 Å². The minimum Gasteiger partial charge on any atom is -0.298 e. The van der Waals surface area contributed by atoms with Gasteiger partial charge >= 0.3 is 0 Å². The molecule has 0 saturated heterocycles. The Labute approximate surface area is 223 Å². The fourth-order valence-electron chi connectivity index (χ4n) is 5.20. The van der Waals surface area contributed by atoms with Crippen molar-refractivity contribution in [3.05, 3.63) is 157 Å². The molecule has 0 radical (unpaired) electrons. The molecule has 180 valence electrons. The van der Waals surface area contributed by atoms with E-state index in [2.05, 4.69) is 140 Å². The fourth-order valence-corrected chi connectivity index (χ4v) is 5.20. The summed E-state index contributed by atoms with van der Waals surface area (Å²) in [5.74, 6) is 0. The van der Waals surface area contributed by atoms with Crippen LogP contribution in [0.4, 0.5) is 0 Å². The van der Waals surface area contributed by atoms with E-state index >= 15 is 0 Å². The molecule has 1 heteroatoms. The smallest absolute Gasteiger partial charge is 0.150 e. The van der Waals surface area contributed by atoms with E-state index in [0.29, 0.717) is 5.56 Å². The highest BCUT2D eigenvalue weighted by molar-refractivity contribution is 6.07. The second-order valence-electron chi connectivity index (χ2n) is 9.30. The lowest BCUT2D eigenvalue weighted by Crippen LogP contribution is -1.98. The molecule has 0 unspecified atom stereocenters. The van der Waals surface area contributed by atoms with Crippen LogP contribution in [0, 0.1) is 0 Å². The third-order valence-corrected chi connectivity index (χ3v) is 6.96. The van der Waals surface area contributed by atoms with Crippen LogP contribution in [0.5, 0.6) is 0 Å². The maximum atomic E-state index is 11.4. The monoisotopic (exact) mass is 486 g/mol. The van der Waals surface area contributed by atoms with E-state index < -0.39 is 0 Å². The maximum absolute atomic E-state index is 11.4. The summed E-state index contributed by atoms with van der Waals surface area (Å²) >= 11 is 0. The first-order valence-electron chi connectivity index (χ1n) is 12.8. The first-order valence-corrected chi connectivity index (χ1v) is 12.8. The zero-order valence-electron chi connectivity index (χ0n) is 20.9.